The number of amides is 2. The molecule has 0 fully saturated rings. The van der Waals surface area contributed by atoms with Crippen molar-refractivity contribution in [3.05, 3.63) is 69.3 Å². The van der Waals surface area contributed by atoms with Gasteiger partial charge in [0.1, 0.15) is 5.60 Å². The molecule has 2 amide bonds. The molecule has 0 atom stereocenters. The van der Waals surface area contributed by atoms with Crippen LogP contribution in [0, 0.1) is 17.0 Å². The van der Waals surface area contributed by atoms with Gasteiger partial charge in [-0.05, 0) is 51.5 Å². The molecule has 0 saturated carbocycles. The molecule has 0 aliphatic rings. The Hall–Kier alpha value is -3.42. The van der Waals surface area contributed by atoms with Gasteiger partial charge in [0.05, 0.1) is 4.92 Å². The number of nitro benzene ring substituents is 1. The molecule has 0 aliphatic heterocycles. The highest BCUT2D eigenvalue weighted by Gasteiger charge is 2.16. The predicted molar refractivity (Wildman–Crippen MR) is 105 cm³/mol. The topological polar surface area (TPSA) is 111 Å². The summed E-state index contributed by atoms with van der Waals surface area (Å²) >= 11 is 0. The molecule has 0 unspecified atom stereocenters. The van der Waals surface area contributed by atoms with Crippen LogP contribution in [0.2, 0.25) is 0 Å². The van der Waals surface area contributed by atoms with Crippen LogP contribution < -0.4 is 10.6 Å². The fourth-order valence-electron chi connectivity index (χ4n) is 2.35. The smallest absolute Gasteiger partial charge is 0.407 e. The predicted octanol–water partition coefficient (Wildman–Crippen LogP) is 4.18. The van der Waals surface area contributed by atoms with Gasteiger partial charge in [0.2, 0.25) is 0 Å². The number of carbonyl (C=O) groups excluding carboxylic acids is 2. The Bertz CT molecular complexity index is 886. The lowest BCUT2D eigenvalue weighted by Crippen LogP contribution is -2.32. The molecule has 0 heterocycles. The Labute approximate surface area is 163 Å². The average Bonchev–Trinajstić information content (AvgIpc) is 2.60. The fourth-order valence-corrected chi connectivity index (χ4v) is 2.35. The van der Waals surface area contributed by atoms with Gasteiger partial charge in [-0.2, -0.15) is 0 Å². The van der Waals surface area contributed by atoms with E-state index in [1.807, 2.05) is 0 Å². The van der Waals surface area contributed by atoms with Crippen molar-refractivity contribution >= 4 is 23.4 Å². The molecule has 0 radical (unpaired) electrons. The van der Waals surface area contributed by atoms with Gasteiger partial charge in [0.25, 0.3) is 11.6 Å². The molecule has 0 bridgehead atoms. The number of rotatable bonds is 5. The van der Waals surface area contributed by atoms with Gasteiger partial charge in [0.15, 0.2) is 0 Å². The molecule has 2 rings (SSSR count). The maximum Gasteiger partial charge on any atom is 0.407 e. The summed E-state index contributed by atoms with van der Waals surface area (Å²) in [5.74, 6) is -0.384. The molecule has 2 aromatic carbocycles. The average molecular weight is 385 g/mol. The number of carbonyl (C=O) groups is 2. The summed E-state index contributed by atoms with van der Waals surface area (Å²) in [4.78, 5) is 34.5. The van der Waals surface area contributed by atoms with E-state index >= 15 is 0 Å². The van der Waals surface area contributed by atoms with E-state index < -0.39 is 16.6 Å². The minimum atomic E-state index is -0.572. The van der Waals surface area contributed by atoms with E-state index in [1.54, 1.807) is 64.1 Å². The normalized spacial score (nSPS) is 10.9. The van der Waals surface area contributed by atoms with Crippen LogP contribution in [0.5, 0.6) is 0 Å². The first-order valence-electron chi connectivity index (χ1n) is 8.67. The van der Waals surface area contributed by atoms with E-state index in [1.165, 1.54) is 6.07 Å². The second-order valence-electron chi connectivity index (χ2n) is 7.26. The first-order valence-corrected chi connectivity index (χ1v) is 8.67. The summed E-state index contributed by atoms with van der Waals surface area (Å²) in [5.41, 5.74) is 1.43. The fraction of sp³-hybridized carbons (Fsp3) is 0.300. The molecule has 148 valence electrons. The minimum Gasteiger partial charge on any atom is -0.444 e. The van der Waals surface area contributed by atoms with Crippen LogP contribution >= 0.6 is 0 Å². The van der Waals surface area contributed by atoms with Gasteiger partial charge in [-0.3, -0.25) is 14.9 Å². The van der Waals surface area contributed by atoms with Crippen LogP contribution in [0.15, 0.2) is 42.5 Å². The van der Waals surface area contributed by atoms with E-state index in [4.69, 9.17) is 4.74 Å². The van der Waals surface area contributed by atoms with Gasteiger partial charge in [-0.25, -0.2) is 4.79 Å². The summed E-state index contributed by atoms with van der Waals surface area (Å²) in [7, 11) is 0. The monoisotopic (exact) mass is 385 g/mol. The number of aryl methyl sites for hydroxylation is 1. The quantitative estimate of drug-likeness (QED) is 0.592. The maximum absolute atomic E-state index is 12.3. The third-order valence-corrected chi connectivity index (χ3v) is 3.72. The van der Waals surface area contributed by atoms with Crippen LogP contribution in [0.3, 0.4) is 0 Å². The molecule has 0 aromatic heterocycles. The van der Waals surface area contributed by atoms with Gasteiger partial charge in [-0.15, -0.1) is 0 Å². The SMILES string of the molecule is Cc1ccc(NC(=O)c2ccc(CNC(=O)OC(C)(C)C)cc2)cc1[N+](=O)[O-]. The van der Waals surface area contributed by atoms with Gasteiger partial charge < -0.3 is 15.4 Å². The van der Waals surface area contributed by atoms with Crippen molar-refractivity contribution in [3.63, 3.8) is 0 Å². The van der Waals surface area contributed by atoms with Crippen LogP contribution in [-0.4, -0.2) is 22.5 Å². The molecule has 8 heteroatoms. The Balaban J connectivity index is 1.97. The van der Waals surface area contributed by atoms with Gasteiger partial charge >= 0.3 is 6.09 Å². The zero-order chi connectivity index (χ0) is 20.9. The number of alkyl carbamates (subject to hydrolysis) is 1. The zero-order valence-corrected chi connectivity index (χ0v) is 16.2. The van der Waals surface area contributed by atoms with Gasteiger partial charge in [-0.1, -0.05) is 18.2 Å². The van der Waals surface area contributed by atoms with Crippen molar-refractivity contribution in [3.8, 4) is 0 Å². The number of anilines is 1. The van der Waals surface area contributed by atoms with Gasteiger partial charge in [0, 0.05) is 29.4 Å². The molecule has 0 saturated heterocycles. The van der Waals surface area contributed by atoms with Crippen molar-refractivity contribution in [2.24, 2.45) is 0 Å². The second kappa shape index (κ2) is 8.51. The molecule has 2 aromatic rings. The Morgan fingerprint density at radius 1 is 1.11 bits per heavy atom. The largest absolute Gasteiger partial charge is 0.444 e. The Morgan fingerprint density at radius 2 is 1.75 bits per heavy atom. The highest BCUT2D eigenvalue weighted by Crippen LogP contribution is 2.22. The number of benzene rings is 2. The van der Waals surface area contributed by atoms with Crippen LogP contribution in [0.1, 0.15) is 42.3 Å². The highest BCUT2D eigenvalue weighted by atomic mass is 16.6. The molecule has 0 spiro atoms. The first kappa shape index (κ1) is 20.9. The third kappa shape index (κ3) is 6.08. The Kier molecular flexibility index (Phi) is 6.35. The van der Waals surface area contributed by atoms with E-state index in [9.17, 15) is 19.7 Å². The van der Waals surface area contributed by atoms with Crippen molar-refractivity contribution in [2.75, 3.05) is 5.32 Å². The van der Waals surface area contributed by atoms with Crippen molar-refractivity contribution in [1.29, 1.82) is 0 Å². The van der Waals surface area contributed by atoms with Crippen LogP contribution in [0.4, 0.5) is 16.2 Å². The molecular weight excluding hydrogens is 362 g/mol. The van der Waals surface area contributed by atoms with Crippen molar-refractivity contribution < 1.29 is 19.2 Å². The van der Waals surface area contributed by atoms with Crippen molar-refractivity contribution in [2.45, 2.75) is 39.8 Å². The van der Waals surface area contributed by atoms with E-state index in [0.29, 0.717) is 16.8 Å². The molecule has 8 nitrogen and oxygen atoms in total. The van der Waals surface area contributed by atoms with Crippen LogP contribution in [0.25, 0.3) is 0 Å². The number of hydrogen-bond acceptors (Lipinski definition) is 5. The minimum absolute atomic E-state index is 0.0543. The summed E-state index contributed by atoms with van der Waals surface area (Å²) < 4.78 is 5.16. The van der Waals surface area contributed by atoms with E-state index in [-0.39, 0.29) is 18.1 Å². The lowest BCUT2D eigenvalue weighted by molar-refractivity contribution is -0.385. The lowest BCUT2D eigenvalue weighted by atomic mass is 10.1. The standard InChI is InChI=1S/C20H23N3O5/c1-13-5-10-16(11-17(13)23(26)27)22-18(24)15-8-6-14(7-9-15)12-21-19(25)28-20(2,3)4/h5-11H,12H2,1-4H3,(H,21,25)(H,22,24). The molecule has 0 aliphatic carbocycles. The summed E-state index contributed by atoms with van der Waals surface area (Å²) in [6.45, 7) is 7.24. The van der Waals surface area contributed by atoms with Crippen molar-refractivity contribution in [1.82, 2.24) is 5.32 Å². The lowest BCUT2D eigenvalue weighted by Gasteiger charge is -2.19. The van der Waals surface area contributed by atoms with Crippen LogP contribution in [-0.2, 0) is 11.3 Å². The summed E-state index contributed by atoms with van der Waals surface area (Å²) in [6, 6.07) is 11.2. The van der Waals surface area contributed by atoms with E-state index in [0.717, 1.165) is 5.56 Å². The summed E-state index contributed by atoms with van der Waals surface area (Å²) in [6.07, 6.45) is -0.518. The number of ether oxygens (including phenoxy) is 1. The number of nitro groups is 1. The number of nitrogens with one attached hydrogen (secondary N) is 2. The number of hydrogen-bond donors (Lipinski definition) is 2. The Morgan fingerprint density at radius 3 is 2.32 bits per heavy atom. The first-order chi connectivity index (χ1) is 13.0. The molecular formula is C20H23N3O5. The van der Waals surface area contributed by atoms with E-state index in [2.05, 4.69) is 10.6 Å². The number of nitrogens with zero attached hydrogens (tertiary/aromatic N) is 1. The summed E-state index contributed by atoms with van der Waals surface area (Å²) in [5, 5.41) is 16.3. The third-order valence-electron chi connectivity index (χ3n) is 3.72. The second-order valence-corrected chi connectivity index (χ2v) is 7.26. The maximum atomic E-state index is 12.3. The molecule has 2 N–H and O–H groups in total. The zero-order valence-electron chi connectivity index (χ0n) is 16.2. The highest BCUT2D eigenvalue weighted by molar-refractivity contribution is 6.04. The molecule has 28 heavy (non-hydrogen) atoms.